The number of benzene rings is 1. The van der Waals surface area contributed by atoms with Crippen molar-refractivity contribution in [3.8, 4) is 0 Å². The molecule has 0 aromatic heterocycles. The predicted molar refractivity (Wildman–Crippen MR) is 95.2 cm³/mol. The largest absolute Gasteiger partial charge is 0.326 e. The van der Waals surface area contributed by atoms with Crippen LogP contribution in [0.4, 0.5) is 8.78 Å². The van der Waals surface area contributed by atoms with E-state index in [1.807, 2.05) is 11.0 Å². The highest BCUT2D eigenvalue weighted by Crippen LogP contribution is 2.31. The fraction of sp³-hybridized carbons (Fsp3) is 0.526. The van der Waals surface area contributed by atoms with E-state index in [2.05, 4.69) is 5.32 Å². The van der Waals surface area contributed by atoms with Gasteiger partial charge in [-0.15, -0.1) is 0 Å². The Morgan fingerprint density at radius 2 is 2.00 bits per heavy atom. The minimum absolute atomic E-state index is 0.198. The summed E-state index contributed by atoms with van der Waals surface area (Å²) in [7, 11) is 0. The molecule has 3 atom stereocenters. The van der Waals surface area contributed by atoms with Crippen molar-refractivity contribution in [3.63, 3.8) is 0 Å². The molecule has 3 aliphatic rings. The van der Waals surface area contributed by atoms with Gasteiger partial charge in [0.05, 0.1) is 0 Å². The van der Waals surface area contributed by atoms with E-state index < -0.39 is 30.3 Å². The SMILES string of the molecule is N[C@@H]1CN(Cc2cccc3c2CN(C2CCC(=O)NC2=O)C3=O)C[C@H]1C(F)F. The van der Waals surface area contributed by atoms with Crippen LogP contribution in [0.3, 0.4) is 0 Å². The van der Waals surface area contributed by atoms with Crippen molar-refractivity contribution < 1.29 is 23.2 Å². The van der Waals surface area contributed by atoms with Crippen LogP contribution in [0.2, 0.25) is 0 Å². The Balaban J connectivity index is 1.52. The van der Waals surface area contributed by atoms with Crippen molar-refractivity contribution in [2.45, 2.75) is 44.4 Å². The highest BCUT2D eigenvalue weighted by Gasteiger charge is 2.41. The van der Waals surface area contributed by atoms with Crippen LogP contribution in [0.1, 0.15) is 34.3 Å². The molecule has 7 nitrogen and oxygen atoms in total. The monoisotopic (exact) mass is 392 g/mol. The van der Waals surface area contributed by atoms with E-state index in [9.17, 15) is 23.2 Å². The normalized spacial score (nSPS) is 28.2. The number of nitrogens with one attached hydrogen (secondary N) is 1. The Hall–Kier alpha value is -2.39. The van der Waals surface area contributed by atoms with Crippen LogP contribution in [-0.4, -0.2) is 59.1 Å². The van der Waals surface area contributed by atoms with Gasteiger partial charge in [0.2, 0.25) is 18.2 Å². The number of amides is 3. The first-order valence-corrected chi connectivity index (χ1v) is 9.36. The zero-order valence-corrected chi connectivity index (χ0v) is 15.2. The number of alkyl halides is 2. The molecule has 1 unspecified atom stereocenters. The Morgan fingerprint density at radius 1 is 1.21 bits per heavy atom. The number of fused-ring (bicyclic) bond motifs is 1. The van der Waals surface area contributed by atoms with Gasteiger partial charge in [-0.2, -0.15) is 0 Å². The van der Waals surface area contributed by atoms with Gasteiger partial charge in [0, 0.05) is 50.1 Å². The molecule has 3 N–H and O–H groups in total. The van der Waals surface area contributed by atoms with Crippen LogP contribution in [0.25, 0.3) is 0 Å². The molecular weight excluding hydrogens is 370 g/mol. The minimum Gasteiger partial charge on any atom is -0.326 e. The van der Waals surface area contributed by atoms with Crippen molar-refractivity contribution in [1.29, 1.82) is 0 Å². The molecule has 150 valence electrons. The molecule has 2 fully saturated rings. The first-order valence-electron chi connectivity index (χ1n) is 9.36. The minimum atomic E-state index is -2.45. The van der Waals surface area contributed by atoms with Gasteiger partial charge in [-0.05, 0) is 23.6 Å². The third kappa shape index (κ3) is 3.29. The topological polar surface area (TPSA) is 95.7 Å². The molecular formula is C19H22F2N4O3. The maximum absolute atomic E-state index is 13.1. The number of carbonyl (C=O) groups excluding carboxylic acids is 3. The summed E-state index contributed by atoms with van der Waals surface area (Å²) in [4.78, 5) is 39.8. The van der Waals surface area contributed by atoms with Gasteiger partial charge in [-0.3, -0.25) is 24.6 Å². The van der Waals surface area contributed by atoms with E-state index in [0.29, 0.717) is 25.1 Å². The molecule has 0 aliphatic carbocycles. The second kappa shape index (κ2) is 7.21. The average molecular weight is 392 g/mol. The number of carbonyl (C=O) groups is 3. The quantitative estimate of drug-likeness (QED) is 0.727. The lowest BCUT2D eigenvalue weighted by atomic mass is 10.0. The predicted octanol–water partition coefficient (Wildman–Crippen LogP) is 0.472. The molecule has 28 heavy (non-hydrogen) atoms. The smallest absolute Gasteiger partial charge is 0.255 e. The van der Waals surface area contributed by atoms with Gasteiger partial charge >= 0.3 is 0 Å². The zero-order valence-electron chi connectivity index (χ0n) is 15.2. The summed E-state index contributed by atoms with van der Waals surface area (Å²) in [5.74, 6) is -1.87. The van der Waals surface area contributed by atoms with Crippen LogP contribution in [0, 0.1) is 5.92 Å². The van der Waals surface area contributed by atoms with Crippen LogP contribution in [-0.2, 0) is 22.7 Å². The van der Waals surface area contributed by atoms with E-state index in [0.717, 1.165) is 11.1 Å². The molecule has 3 amide bonds. The number of hydrogen-bond donors (Lipinski definition) is 2. The summed E-state index contributed by atoms with van der Waals surface area (Å²) in [5.41, 5.74) is 8.06. The summed E-state index contributed by atoms with van der Waals surface area (Å²) < 4.78 is 26.1. The molecule has 3 heterocycles. The van der Waals surface area contributed by atoms with E-state index in [1.54, 1.807) is 12.1 Å². The lowest BCUT2D eigenvalue weighted by Crippen LogP contribution is -2.52. The molecule has 4 rings (SSSR count). The maximum Gasteiger partial charge on any atom is 0.255 e. The second-order valence-corrected chi connectivity index (χ2v) is 7.70. The highest BCUT2D eigenvalue weighted by atomic mass is 19.3. The fourth-order valence-electron chi connectivity index (χ4n) is 4.38. The van der Waals surface area contributed by atoms with Crippen LogP contribution in [0.15, 0.2) is 18.2 Å². The summed E-state index contributed by atoms with van der Waals surface area (Å²) in [5, 5.41) is 2.28. The number of likely N-dealkylation sites (tertiary alicyclic amines) is 1. The first-order chi connectivity index (χ1) is 13.3. The van der Waals surface area contributed by atoms with Gasteiger partial charge in [0.1, 0.15) is 6.04 Å². The highest BCUT2D eigenvalue weighted by molar-refractivity contribution is 6.05. The Bertz CT molecular complexity index is 831. The molecule has 0 saturated carbocycles. The van der Waals surface area contributed by atoms with E-state index in [1.165, 1.54) is 4.90 Å². The molecule has 1 aromatic carbocycles. The van der Waals surface area contributed by atoms with Gasteiger partial charge in [0.15, 0.2) is 0 Å². The summed E-state index contributed by atoms with van der Waals surface area (Å²) in [6.07, 6.45) is -1.95. The van der Waals surface area contributed by atoms with Gasteiger partial charge in [-0.25, -0.2) is 8.78 Å². The standard InChI is InChI=1S/C19H22F2N4O3/c20-17(21)13-7-24(9-14(13)22)6-10-2-1-3-11-12(10)8-25(19(11)28)15-4-5-16(26)23-18(15)27/h1-3,13-15,17H,4-9,22H2,(H,23,26,27)/t13-,14-,15?/m1/s1. The lowest BCUT2D eigenvalue weighted by Gasteiger charge is -2.29. The van der Waals surface area contributed by atoms with Crippen LogP contribution < -0.4 is 11.1 Å². The number of nitrogens with two attached hydrogens (primary N) is 1. The average Bonchev–Trinajstić information content (AvgIpc) is 3.16. The van der Waals surface area contributed by atoms with E-state index in [-0.39, 0.29) is 31.3 Å². The number of piperidine rings is 1. The van der Waals surface area contributed by atoms with E-state index in [4.69, 9.17) is 5.73 Å². The van der Waals surface area contributed by atoms with Crippen LogP contribution in [0.5, 0.6) is 0 Å². The molecule has 0 bridgehead atoms. The van der Waals surface area contributed by atoms with Crippen LogP contribution >= 0.6 is 0 Å². The van der Waals surface area contributed by atoms with Gasteiger partial charge in [0.25, 0.3) is 5.91 Å². The lowest BCUT2D eigenvalue weighted by molar-refractivity contribution is -0.136. The third-order valence-corrected chi connectivity index (χ3v) is 5.88. The number of rotatable bonds is 4. The first kappa shape index (κ1) is 18.9. The van der Waals surface area contributed by atoms with Crippen molar-refractivity contribution in [2.75, 3.05) is 13.1 Å². The van der Waals surface area contributed by atoms with Crippen molar-refractivity contribution in [1.82, 2.24) is 15.1 Å². The summed E-state index contributed by atoms with van der Waals surface area (Å²) >= 11 is 0. The Kier molecular flexibility index (Phi) is 4.88. The summed E-state index contributed by atoms with van der Waals surface area (Å²) in [6, 6.07) is 4.11. The van der Waals surface area contributed by atoms with Gasteiger partial charge < -0.3 is 10.6 Å². The Labute approximate surface area is 160 Å². The maximum atomic E-state index is 13.1. The number of imide groups is 1. The van der Waals surface area contributed by atoms with E-state index >= 15 is 0 Å². The summed E-state index contributed by atoms with van der Waals surface area (Å²) in [6.45, 7) is 1.29. The number of halogens is 2. The molecule has 3 aliphatic heterocycles. The number of nitrogens with zero attached hydrogens (tertiary/aromatic N) is 2. The van der Waals surface area contributed by atoms with Gasteiger partial charge in [-0.1, -0.05) is 12.1 Å². The fourth-order valence-corrected chi connectivity index (χ4v) is 4.38. The number of hydrogen-bond acceptors (Lipinski definition) is 5. The van der Waals surface area contributed by atoms with Crippen molar-refractivity contribution in [3.05, 3.63) is 34.9 Å². The van der Waals surface area contributed by atoms with Crippen molar-refractivity contribution >= 4 is 17.7 Å². The zero-order chi connectivity index (χ0) is 20.0. The molecule has 0 radical (unpaired) electrons. The second-order valence-electron chi connectivity index (χ2n) is 7.70. The molecule has 2 saturated heterocycles. The molecule has 1 aromatic rings. The molecule has 9 heteroatoms. The molecule has 0 spiro atoms. The Morgan fingerprint density at radius 3 is 2.68 bits per heavy atom. The third-order valence-electron chi connectivity index (χ3n) is 5.88. The van der Waals surface area contributed by atoms with Crippen molar-refractivity contribution in [2.24, 2.45) is 11.7 Å².